The molecule has 3 heteroatoms. The van der Waals surface area contributed by atoms with Crippen molar-refractivity contribution in [2.24, 2.45) is 0 Å². The Labute approximate surface area is 78.1 Å². The van der Waals surface area contributed by atoms with E-state index in [4.69, 9.17) is 0 Å². The van der Waals surface area contributed by atoms with Crippen LogP contribution < -0.4 is 4.72 Å². The SMILES string of the molecule is BrC1=Cc2ccccc2SN1. The molecule has 56 valence electrons. The maximum absolute atomic E-state index is 3.39. The maximum atomic E-state index is 3.39. The van der Waals surface area contributed by atoms with Crippen molar-refractivity contribution in [1.82, 2.24) is 4.72 Å². The van der Waals surface area contributed by atoms with Crippen LogP contribution in [0.2, 0.25) is 0 Å². The van der Waals surface area contributed by atoms with Crippen molar-refractivity contribution in [3.8, 4) is 0 Å². The average molecular weight is 228 g/mol. The predicted molar refractivity (Wildman–Crippen MR) is 52.3 cm³/mol. The molecule has 0 fully saturated rings. The molecule has 0 radical (unpaired) electrons. The standard InChI is InChI=1S/C8H6BrNS/c9-8-5-6-3-1-2-4-7(6)11-10-8/h1-5,10H. The van der Waals surface area contributed by atoms with E-state index >= 15 is 0 Å². The van der Waals surface area contributed by atoms with Gasteiger partial charge in [-0.25, -0.2) is 0 Å². The number of hydrogen-bond acceptors (Lipinski definition) is 2. The first kappa shape index (κ1) is 7.25. The predicted octanol–water partition coefficient (Wildman–Crippen LogP) is 2.99. The number of benzene rings is 1. The molecular formula is C8H6BrNS. The van der Waals surface area contributed by atoms with Gasteiger partial charge in [0.05, 0.1) is 4.61 Å². The summed E-state index contributed by atoms with van der Waals surface area (Å²) in [5.41, 5.74) is 1.27. The Balaban J connectivity index is 2.51. The zero-order valence-corrected chi connectivity index (χ0v) is 8.08. The first-order valence-electron chi connectivity index (χ1n) is 3.25. The van der Waals surface area contributed by atoms with Gasteiger partial charge in [0, 0.05) is 4.90 Å². The Morgan fingerprint density at radius 2 is 2.09 bits per heavy atom. The number of fused-ring (bicyclic) bond motifs is 1. The van der Waals surface area contributed by atoms with Crippen molar-refractivity contribution in [2.45, 2.75) is 4.90 Å². The van der Waals surface area contributed by atoms with Gasteiger partial charge in [-0.1, -0.05) is 18.2 Å². The molecule has 0 aromatic heterocycles. The molecule has 0 amide bonds. The van der Waals surface area contributed by atoms with E-state index in [1.807, 2.05) is 12.1 Å². The Morgan fingerprint density at radius 3 is 3.00 bits per heavy atom. The van der Waals surface area contributed by atoms with Crippen LogP contribution in [-0.4, -0.2) is 0 Å². The molecular weight excluding hydrogens is 222 g/mol. The lowest BCUT2D eigenvalue weighted by Gasteiger charge is -2.12. The highest BCUT2D eigenvalue weighted by atomic mass is 79.9. The average Bonchev–Trinajstić information content (AvgIpc) is 2.04. The Hall–Kier alpha value is -0.410. The van der Waals surface area contributed by atoms with Gasteiger partial charge in [0.2, 0.25) is 0 Å². The van der Waals surface area contributed by atoms with Crippen molar-refractivity contribution in [3.05, 3.63) is 34.4 Å². The highest BCUT2D eigenvalue weighted by Crippen LogP contribution is 2.29. The van der Waals surface area contributed by atoms with Crippen molar-refractivity contribution in [3.63, 3.8) is 0 Å². The van der Waals surface area contributed by atoms with Gasteiger partial charge in [-0.05, 0) is 45.6 Å². The molecule has 1 aliphatic rings. The van der Waals surface area contributed by atoms with E-state index in [1.165, 1.54) is 10.5 Å². The van der Waals surface area contributed by atoms with Crippen LogP contribution in [0, 0.1) is 0 Å². The van der Waals surface area contributed by atoms with Gasteiger partial charge in [-0.15, -0.1) is 0 Å². The number of rotatable bonds is 0. The summed E-state index contributed by atoms with van der Waals surface area (Å²) in [5.74, 6) is 0. The summed E-state index contributed by atoms with van der Waals surface area (Å²) in [6.07, 6.45) is 2.08. The molecule has 1 heterocycles. The summed E-state index contributed by atoms with van der Waals surface area (Å²) < 4.78 is 4.16. The van der Waals surface area contributed by atoms with Gasteiger partial charge in [0.15, 0.2) is 0 Å². The summed E-state index contributed by atoms with van der Waals surface area (Å²) in [7, 11) is 0. The minimum Gasteiger partial charge on any atom is -0.320 e. The number of nitrogens with one attached hydrogen (secondary N) is 1. The molecule has 0 saturated heterocycles. The summed E-state index contributed by atoms with van der Waals surface area (Å²) in [4.78, 5) is 1.27. The quantitative estimate of drug-likeness (QED) is 0.541. The van der Waals surface area contributed by atoms with Crippen molar-refractivity contribution >= 4 is 34.0 Å². The molecule has 0 spiro atoms. The molecule has 0 saturated carbocycles. The lowest BCUT2D eigenvalue weighted by molar-refractivity contribution is 1.30. The first-order chi connectivity index (χ1) is 5.36. The first-order valence-corrected chi connectivity index (χ1v) is 4.86. The third-order valence-corrected chi connectivity index (χ3v) is 3.06. The second kappa shape index (κ2) is 2.91. The van der Waals surface area contributed by atoms with E-state index in [1.54, 1.807) is 11.9 Å². The van der Waals surface area contributed by atoms with E-state index < -0.39 is 0 Å². The molecule has 1 aromatic carbocycles. The number of halogens is 1. The van der Waals surface area contributed by atoms with Crippen LogP contribution in [0.3, 0.4) is 0 Å². The van der Waals surface area contributed by atoms with Crippen LogP contribution in [0.15, 0.2) is 33.8 Å². The summed E-state index contributed by atoms with van der Waals surface area (Å²) in [6.45, 7) is 0. The fraction of sp³-hybridized carbons (Fsp3) is 0. The summed E-state index contributed by atoms with van der Waals surface area (Å²) in [6, 6.07) is 8.29. The number of hydrogen-bond donors (Lipinski definition) is 1. The normalized spacial score (nSPS) is 14.8. The lowest BCUT2D eigenvalue weighted by Crippen LogP contribution is -2.02. The van der Waals surface area contributed by atoms with Crippen LogP contribution in [0.1, 0.15) is 5.56 Å². The smallest absolute Gasteiger partial charge is 0.0888 e. The monoisotopic (exact) mass is 227 g/mol. The molecule has 1 nitrogen and oxygen atoms in total. The Morgan fingerprint density at radius 1 is 1.27 bits per heavy atom. The van der Waals surface area contributed by atoms with Crippen molar-refractivity contribution in [2.75, 3.05) is 0 Å². The van der Waals surface area contributed by atoms with Gasteiger partial charge >= 0.3 is 0 Å². The second-order valence-corrected chi connectivity index (χ2v) is 3.94. The Kier molecular flexibility index (Phi) is 1.92. The third-order valence-electron chi connectivity index (χ3n) is 1.46. The van der Waals surface area contributed by atoms with Gasteiger partial charge in [-0.2, -0.15) is 0 Å². The zero-order valence-electron chi connectivity index (χ0n) is 5.67. The van der Waals surface area contributed by atoms with E-state index in [0.29, 0.717) is 0 Å². The van der Waals surface area contributed by atoms with E-state index in [-0.39, 0.29) is 0 Å². The van der Waals surface area contributed by atoms with Gasteiger partial charge in [0.1, 0.15) is 0 Å². The molecule has 1 aliphatic heterocycles. The van der Waals surface area contributed by atoms with Crippen LogP contribution in [0.5, 0.6) is 0 Å². The maximum Gasteiger partial charge on any atom is 0.0888 e. The third kappa shape index (κ3) is 1.44. The summed E-state index contributed by atoms with van der Waals surface area (Å²) in [5, 5.41) is 0. The zero-order chi connectivity index (χ0) is 7.68. The van der Waals surface area contributed by atoms with Crippen molar-refractivity contribution < 1.29 is 0 Å². The lowest BCUT2D eigenvalue weighted by atomic mass is 10.2. The minimum atomic E-state index is 1.03. The highest BCUT2D eigenvalue weighted by molar-refractivity contribution is 9.11. The van der Waals surface area contributed by atoms with Gasteiger partial charge < -0.3 is 4.72 Å². The van der Waals surface area contributed by atoms with E-state index in [9.17, 15) is 0 Å². The van der Waals surface area contributed by atoms with Gasteiger partial charge in [-0.3, -0.25) is 0 Å². The van der Waals surface area contributed by atoms with Crippen molar-refractivity contribution in [1.29, 1.82) is 0 Å². The second-order valence-electron chi connectivity index (χ2n) is 2.23. The fourth-order valence-corrected chi connectivity index (χ4v) is 2.11. The molecule has 0 atom stereocenters. The minimum absolute atomic E-state index is 1.03. The van der Waals surface area contributed by atoms with Crippen LogP contribution >= 0.6 is 27.9 Å². The molecule has 11 heavy (non-hydrogen) atoms. The molecule has 0 unspecified atom stereocenters. The van der Waals surface area contributed by atoms with Crippen LogP contribution in [0.25, 0.3) is 6.08 Å². The molecule has 2 rings (SSSR count). The molecule has 0 bridgehead atoms. The highest BCUT2D eigenvalue weighted by Gasteiger charge is 2.06. The largest absolute Gasteiger partial charge is 0.320 e. The molecule has 1 N–H and O–H groups in total. The Bertz CT molecular complexity index is 309. The van der Waals surface area contributed by atoms with Crippen LogP contribution in [0.4, 0.5) is 0 Å². The topological polar surface area (TPSA) is 12.0 Å². The molecule has 0 aliphatic carbocycles. The van der Waals surface area contributed by atoms with Crippen LogP contribution in [-0.2, 0) is 0 Å². The fourth-order valence-electron chi connectivity index (χ4n) is 0.962. The molecule has 1 aromatic rings. The van der Waals surface area contributed by atoms with E-state index in [2.05, 4.69) is 38.9 Å². The van der Waals surface area contributed by atoms with E-state index in [0.717, 1.165) is 4.61 Å². The summed E-state index contributed by atoms with van der Waals surface area (Å²) >= 11 is 5.02. The van der Waals surface area contributed by atoms with Gasteiger partial charge in [0.25, 0.3) is 0 Å².